The molecule has 7 heteroatoms. The van der Waals surface area contributed by atoms with Gasteiger partial charge in [0.15, 0.2) is 11.5 Å². The Morgan fingerprint density at radius 3 is 3.07 bits per heavy atom. The predicted octanol–water partition coefficient (Wildman–Crippen LogP) is 0.919. The number of rotatable bonds is 2. The molecule has 1 amide bonds. The van der Waals surface area contributed by atoms with E-state index in [2.05, 4.69) is 25.3 Å². The first kappa shape index (κ1) is 9.85. The van der Waals surface area contributed by atoms with E-state index in [0.29, 0.717) is 17.0 Å². The molecule has 0 spiro atoms. The third kappa shape index (κ3) is 1.89. The second kappa shape index (κ2) is 3.82. The van der Waals surface area contributed by atoms with Gasteiger partial charge in [-0.25, -0.2) is 15.0 Å². The standard InChI is InChI=1S/C8H8ClN5O/c1-4(9)8(15)14-7-5-6(11-2-10-5)12-3-13-7/h2-4H,1H3,(H2,10,11,12,13,14,15)/t4-/m1/s1. The van der Waals surface area contributed by atoms with Crippen LogP contribution in [-0.4, -0.2) is 31.2 Å². The number of hydrogen-bond donors (Lipinski definition) is 2. The zero-order valence-corrected chi connectivity index (χ0v) is 8.62. The van der Waals surface area contributed by atoms with E-state index in [4.69, 9.17) is 11.6 Å². The van der Waals surface area contributed by atoms with Crippen LogP contribution in [0.2, 0.25) is 0 Å². The van der Waals surface area contributed by atoms with Gasteiger partial charge in [0, 0.05) is 0 Å². The molecule has 0 fully saturated rings. The molecule has 0 unspecified atom stereocenters. The highest BCUT2D eigenvalue weighted by Gasteiger charge is 2.12. The summed E-state index contributed by atoms with van der Waals surface area (Å²) >= 11 is 5.62. The lowest BCUT2D eigenvalue weighted by Crippen LogP contribution is -2.21. The summed E-state index contributed by atoms with van der Waals surface area (Å²) in [6, 6.07) is 0. The fourth-order valence-electron chi connectivity index (χ4n) is 1.08. The molecule has 2 aromatic heterocycles. The predicted molar refractivity (Wildman–Crippen MR) is 55.6 cm³/mol. The van der Waals surface area contributed by atoms with Crippen LogP contribution in [0.25, 0.3) is 11.2 Å². The van der Waals surface area contributed by atoms with Crippen LogP contribution in [0.4, 0.5) is 5.82 Å². The Hall–Kier alpha value is -1.69. The van der Waals surface area contributed by atoms with Gasteiger partial charge in [0.1, 0.15) is 17.2 Å². The lowest BCUT2D eigenvalue weighted by molar-refractivity contribution is -0.115. The van der Waals surface area contributed by atoms with E-state index in [1.54, 1.807) is 6.92 Å². The fourth-order valence-corrected chi connectivity index (χ4v) is 1.13. The van der Waals surface area contributed by atoms with E-state index in [1.807, 2.05) is 0 Å². The van der Waals surface area contributed by atoms with Crippen LogP contribution in [0.15, 0.2) is 12.7 Å². The second-order valence-electron chi connectivity index (χ2n) is 2.93. The highest BCUT2D eigenvalue weighted by Crippen LogP contribution is 2.14. The molecular weight excluding hydrogens is 218 g/mol. The van der Waals surface area contributed by atoms with Crippen molar-refractivity contribution in [2.75, 3.05) is 5.32 Å². The molecule has 1 atom stereocenters. The van der Waals surface area contributed by atoms with Gasteiger partial charge in [0.05, 0.1) is 6.33 Å². The number of nitrogens with zero attached hydrogens (tertiary/aromatic N) is 3. The molecule has 0 saturated carbocycles. The third-order valence-electron chi connectivity index (χ3n) is 1.83. The molecule has 0 aromatic carbocycles. The lowest BCUT2D eigenvalue weighted by atomic mass is 10.4. The number of carbonyl (C=O) groups is 1. The number of aromatic amines is 1. The van der Waals surface area contributed by atoms with Gasteiger partial charge in [-0.3, -0.25) is 4.79 Å². The fraction of sp³-hybridized carbons (Fsp3) is 0.250. The van der Waals surface area contributed by atoms with Gasteiger partial charge >= 0.3 is 0 Å². The molecule has 0 bridgehead atoms. The monoisotopic (exact) mass is 225 g/mol. The minimum atomic E-state index is -0.613. The number of amides is 1. The Morgan fingerprint density at radius 2 is 2.33 bits per heavy atom. The van der Waals surface area contributed by atoms with Crippen LogP contribution in [0.5, 0.6) is 0 Å². The molecule has 78 valence electrons. The maximum Gasteiger partial charge on any atom is 0.243 e. The molecule has 0 aliphatic carbocycles. The molecule has 2 aromatic rings. The van der Waals surface area contributed by atoms with Gasteiger partial charge in [-0.05, 0) is 6.92 Å². The molecule has 0 radical (unpaired) electrons. The van der Waals surface area contributed by atoms with Crippen molar-refractivity contribution in [3.63, 3.8) is 0 Å². The van der Waals surface area contributed by atoms with Gasteiger partial charge in [-0.2, -0.15) is 0 Å². The van der Waals surface area contributed by atoms with Crippen LogP contribution in [-0.2, 0) is 4.79 Å². The number of imidazole rings is 1. The van der Waals surface area contributed by atoms with E-state index in [0.717, 1.165) is 0 Å². The lowest BCUT2D eigenvalue weighted by Gasteiger charge is -2.05. The number of alkyl halides is 1. The SMILES string of the molecule is C[C@@H](Cl)C(=O)Nc1ncnc2nc[nH]c12. The zero-order valence-electron chi connectivity index (χ0n) is 7.86. The molecule has 2 N–H and O–H groups in total. The van der Waals surface area contributed by atoms with Crippen molar-refractivity contribution in [3.05, 3.63) is 12.7 Å². The topological polar surface area (TPSA) is 83.6 Å². The smallest absolute Gasteiger partial charge is 0.243 e. The Labute approximate surface area is 90.1 Å². The first-order valence-corrected chi connectivity index (χ1v) is 4.71. The normalized spacial score (nSPS) is 12.7. The molecule has 15 heavy (non-hydrogen) atoms. The average Bonchev–Trinajstić information content (AvgIpc) is 2.66. The summed E-state index contributed by atoms with van der Waals surface area (Å²) < 4.78 is 0. The van der Waals surface area contributed by atoms with Crippen LogP contribution in [0.3, 0.4) is 0 Å². The summed E-state index contributed by atoms with van der Waals surface area (Å²) in [6.45, 7) is 1.59. The maximum atomic E-state index is 11.3. The largest absolute Gasteiger partial charge is 0.340 e. The number of hydrogen-bond acceptors (Lipinski definition) is 4. The van der Waals surface area contributed by atoms with Crippen LogP contribution >= 0.6 is 11.6 Å². The van der Waals surface area contributed by atoms with E-state index in [1.165, 1.54) is 12.7 Å². The van der Waals surface area contributed by atoms with E-state index >= 15 is 0 Å². The van der Waals surface area contributed by atoms with E-state index in [9.17, 15) is 4.79 Å². The van der Waals surface area contributed by atoms with Crippen LogP contribution in [0.1, 0.15) is 6.92 Å². The van der Waals surface area contributed by atoms with Crippen molar-refractivity contribution in [2.24, 2.45) is 0 Å². The van der Waals surface area contributed by atoms with E-state index in [-0.39, 0.29) is 5.91 Å². The number of H-pyrrole nitrogens is 1. The summed E-state index contributed by atoms with van der Waals surface area (Å²) in [6.07, 6.45) is 2.82. The van der Waals surface area contributed by atoms with Gasteiger partial charge in [0.2, 0.25) is 5.91 Å². The first-order chi connectivity index (χ1) is 7.18. The summed E-state index contributed by atoms with van der Waals surface area (Å²) in [5.41, 5.74) is 1.09. The number of anilines is 1. The highest BCUT2D eigenvalue weighted by atomic mass is 35.5. The van der Waals surface area contributed by atoms with Gasteiger partial charge in [-0.1, -0.05) is 0 Å². The van der Waals surface area contributed by atoms with E-state index < -0.39 is 5.38 Å². The summed E-state index contributed by atoms with van der Waals surface area (Å²) in [7, 11) is 0. The first-order valence-electron chi connectivity index (χ1n) is 4.27. The molecule has 0 aliphatic heterocycles. The highest BCUT2D eigenvalue weighted by molar-refractivity contribution is 6.32. The Kier molecular flexibility index (Phi) is 2.51. The number of halogens is 1. The van der Waals surface area contributed by atoms with Gasteiger partial charge in [-0.15, -0.1) is 11.6 Å². The molecular formula is C8H8ClN5O. The molecule has 2 heterocycles. The second-order valence-corrected chi connectivity index (χ2v) is 3.58. The van der Waals surface area contributed by atoms with Gasteiger partial charge in [0.25, 0.3) is 0 Å². The van der Waals surface area contributed by atoms with Crippen LogP contribution in [0, 0.1) is 0 Å². The molecule has 0 saturated heterocycles. The van der Waals surface area contributed by atoms with Crippen molar-refractivity contribution in [2.45, 2.75) is 12.3 Å². The number of fused-ring (bicyclic) bond motifs is 1. The number of carbonyl (C=O) groups excluding carboxylic acids is 1. The minimum Gasteiger partial charge on any atom is -0.340 e. The molecule has 0 aliphatic rings. The third-order valence-corrected chi connectivity index (χ3v) is 2.02. The van der Waals surface area contributed by atoms with Crippen molar-refractivity contribution < 1.29 is 4.79 Å². The summed E-state index contributed by atoms with van der Waals surface area (Å²) in [5, 5.41) is 1.96. The summed E-state index contributed by atoms with van der Waals surface area (Å²) in [4.78, 5) is 26.0. The van der Waals surface area contributed by atoms with Crippen molar-refractivity contribution >= 4 is 34.5 Å². The zero-order chi connectivity index (χ0) is 10.8. The van der Waals surface area contributed by atoms with Crippen LogP contribution < -0.4 is 5.32 Å². The number of nitrogens with one attached hydrogen (secondary N) is 2. The van der Waals surface area contributed by atoms with Gasteiger partial charge < -0.3 is 10.3 Å². The number of aromatic nitrogens is 4. The Balaban J connectivity index is 2.35. The quantitative estimate of drug-likeness (QED) is 0.745. The maximum absolute atomic E-state index is 11.3. The van der Waals surface area contributed by atoms with Crippen molar-refractivity contribution in [1.82, 2.24) is 19.9 Å². The average molecular weight is 226 g/mol. The Morgan fingerprint density at radius 1 is 1.53 bits per heavy atom. The van der Waals surface area contributed by atoms with Crippen molar-refractivity contribution in [3.8, 4) is 0 Å². The summed E-state index contributed by atoms with van der Waals surface area (Å²) in [5.74, 6) is 0.0706. The minimum absolute atomic E-state index is 0.314. The van der Waals surface area contributed by atoms with Crippen molar-refractivity contribution in [1.29, 1.82) is 0 Å². The Bertz CT molecular complexity index is 494. The molecule has 6 nitrogen and oxygen atoms in total. The molecule has 2 rings (SSSR count).